The zero-order chi connectivity index (χ0) is 28.6. The Morgan fingerprint density at radius 3 is 1.10 bits per heavy atom. The van der Waals surface area contributed by atoms with Crippen molar-refractivity contribution < 1.29 is 0 Å². The number of benzene rings is 2. The standard InChI is InChI=1S/C36H32N2Si2/c1-39(2,3)27-25-31-15-9-7-13-29(31)21-23-33-17-11-19-35(37-33)36-20-12-18-34(38-36)24-22-30-14-8-10-16-32(30)26-28-40(4,5)6/h7-20H,1-6H3. The fraction of sp³-hybridized carbons (Fsp3) is 0.167. The molecule has 0 radical (unpaired) electrons. The Morgan fingerprint density at radius 2 is 0.750 bits per heavy atom. The summed E-state index contributed by atoms with van der Waals surface area (Å²) in [6.07, 6.45) is 0. The number of hydrogen-bond acceptors (Lipinski definition) is 2. The smallest absolute Gasteiger partial charge is 0.129 e. The minimum Gasteiger partial charge on any atom is -0.238 e. The van der Waals surface area contributed by atoms with Gasteiger partial charge in [-0.05, 0) is 60.4 Å². The molecule has 0 saturated carbocycles. The van der Waals surface area contributed by atoms with Gasteiger partial charge in [0.05, 0.1) is 11.4 Å². The lowest BCUT2D eigenvalue weighted by atomic mass is 10.1. The summed E-state index contributed by atoms with van der Waals surface area (Å²) < 4.78 is 0. The highest BCUT2D eigenvalue weighted by atomic mass is 28.3. The normalized spacial score (nSPS) is 10.4. The highest BCUT2D eigenvalue weighted by Gasteiger charge is 2.09. The van der Waals surface area contributed by atoms with E-state index in [0.29, 0.717) is 11.4 Å². The summed E-state index contributed by atoms with van der Waals surface area (Å²) in [6.45, 7) is 13.4. The van der Waals surface area contributed by atoms with Gasteiger partial charge < -0.3 is 0 Å². The average molecular weight is 549 g/mol. The molecule has 0 bridgehead atoms. The van der Waals surface area contributed by atoms with Crippen LogP contribution in [0.25, 0.3) is 11.4 Å². The zero-order valence-electron chi connectivity index (χ0n) is 24.0. The number of rotatable bonds is 1. The molecule has 4 heteroatoms. The van der Waals surface area contributed by atoms with Crippen LogP contribution in [0.2, 0.25) is 39.3 Å². The third kappa shape index (κ3) is 8.73. The Hall–Kier alpha value is -4.59. The molecular formula is C36H32N2Si2. The first-order valence-electron chi connectivity index (χ1n) is 13.3. The predicted molar refractivity (Wildman–Crippen MR) is 173 cm³/mol. The summed E-state index contributed by atoms with van der Waals surface area (Å²) in [5.41, 5.74) is 13.4. The van der Waals surface area contributed by atoms with Crippen LogP contribution in [0, 0.1) is 46.6 Å². The molecule has 2 heterocycles. The molecule has 2 aromatic heterocycles. The lowest BCUT2D eigenvalue weighted by Gasteiger charge is -2.04. The summed E-state index contributed by atoms with van der Waals surface area (Å²) in [4.78, 5) is 9.53. The van der Waals surface area contributed by atoms with E-state index in [-0.39, 0.29) is 0 Å². The van der Waals surface area contributed by atoms with E-state index in [0.717, 1.165) is 33.6 Å². The predicted octanol–water partition coefficient (Wildman–Crippen LogP) is 7.40. The van der Waals surface area contributed by atoms with Gasteiger partial charge >= 0.3 is 0 Å². The van der Waals surface area contributed by atoms with Crippen molar-refractivity contribution in [3.05, 3.63) is 119 Å². The van der Waals surface area contributed by atoms with E-state index in [1.165, 1.54) is 0 Å². The monoisotopic (exact) mass is 548 g/mol. The molecule has 0 unspecified atom stereocenters. The Morgan fingerprint density at radius 1 is 0.400 bits per heavy atom. The summed E-state index contributed by atoms with van der Waals surface area (Å²) in [7, 11) is -2.96. The van der Waals surface area contributed by atoms with E-state index < -0.39 is 16.1 Å². The first kappa shape index (κ1) is 28.4. The van der Waals surface area contributed by atoms with Gasteiger partial charge in [0.1, 0.15) is 27.5 Å². The van der Waals surface area contributed by atoms with E-state index >= 15 is 0 Å². The van der Waals surface area contributed by atoms with Crippen molar-refractivity contribution in [1.82, 2.24) is 9.97 Å². The Balaban J connectivity index is 1.60. The van der Waals surface area contributed by atoms with Gasteiger partial charge in [-0.25, -0.2) is 9.97 Å². The SMILES string of the molecule is C[Si](C)(C)C#Cc1ccccc1C#Cc1cccc(-c2cccc(C#Cc3ccccc3C#C[Si](C)(C)C)n2)n1. The molecule has 4 rings (SSSR count). The van der Waals surface area contributed by atoms with Gasteiger partial charge in [-0.3, -0.25) is 0 Å². The topological polar surface area (TPSA) is 25.8 Å². The molecule has 0 amide bonds. The average Bonchev–Trinajstić information content (AvgIpc) is 2.93. The molecule has 2 aromatic carbocycles. The van der Waals surface area contributed by atoms with Gasteiger partial charge in [0.25, 0.3) is 0 Å². The maximum atomic E-state index is 4.77. The van der Waals surface area contributed by atoms with Crippen molar-refractivity contribution in [2.45, 2.75) is 39.3 Å². The van der Waals surface area contributed by atoms with E-state index in [2.05, 4.69) is 85.9 Å². The largest absolute Gasteiger partial charge is 0.238 e. The molecule has 0 aliphatic carbocycles. The second-order valence-corrected chi connectivity index (χ2v) is 20.9. The first-order valence-corrected chi connectivity index (χ1v) is 20.3. The summed E-state index contributed by atoms with van der Waals surface area (Å²) >= 11 is 0. The van der Waals surface area contributed by atoms with Crippen molar-refractivity contribution in [1.29, 1.82) is 0 Å². The second kappa shape index (κ2) is 12.5. The van der Waals surface area contributed by atoms with Gasteiger partial charge in [-0.2, -0.15) is 0 Å². The lowest BCUT2D eigenvalue weighted by molar-refractivity contribution is 1.21. The quantitative estimate of drug-likeness (QED) is 0.183. The molecule has 0 spiro atoms. The highest BCUT2D eigenvalue weighted by Crippen LogP contribution is 2.16. The minimum absolute atomic E-state index is 0.679. The molecule has 194 valence electrons. The van der Waals surface area contributed by atoms with E-state index in [1.807, 2.05) is 84.9 Å². The molecule has 0 fully saturated rings. The number of hydrogen-bond donors (Lipinski definition) is 0. The van der Waals surface area contributed by atoms with Crippen molar-refractivity contribution in [3.8, 4) is 58.0 Å². The van der Waals surface area contributed by atoms with Crippen LogP contribution in [0.1, 0.15) is 33.6 Å². The summed E-state index contributed by atoms with van der Waals surface area (Å²) in [5.74, 6) is 19.6. The molecule has 40 heavy (non-hydrogen) atoms. The Bertz CT molecular complexity index is 1660. The Kier molecular flexibility index (Phi) is 8.89. The van der Waals surface area contributed by atoms with Crippen LogP contribution in [0.5, 0.6) is 0 Å². The van der Waals surface area contributed by atoms with Crippen LogP contribution in [0.4, 0.5) is 0 Å². The summed E-state index contributed by atoms with van der Waals surface area (Å²) in [6, 6.07) is 27.6. The third-order valence-corrected chi connectivity index (χ3v) is 7.16. The van der Waals surface area contributed by atoms with Gasteiger partial charge in [0.2, 0.25) is 0 Å². The molecular weight excluding hydrogens is 517 g/mol. The van der Waals surface area contributed by atoms with Crippen molar-refractivity contribution in [2.24, 2.45) is 0 Å². The molecule has 0 atom stereocenters. The number of aromatic nitrogens is 2. The maximum Gasteiger partial charge on any atom is 0.129 e. The molecule has 4 aromatic rings. The van der Waals surface area contributed by atoms with Crippen LogP contribution >= 0.6 is 0 Å². The molecule has 0 N–H and O–H groups in total. The van der Waals surface area contributed by atoms with E-state index in [1.54, 1.807) is 0 Å². The Labute approximate surface area is 241 Å². The zero-order valence-corrected chi connectivity index (χ0v) is 26.0. The third-order valence-electron chi connectivity index (χ3n) is 5.41. The van der Waals surface area contributed by atoms with Crippen LogP contribution in [0.3, 0.4) is 0 Å². The van der Waals surface area contributed by atoms with Gasteiger partial charge in [-0.15, -0.1) is 11.1 Å². The van der Waals surface area contributed by atoms with Crippen LogP contribution in [0.15, 0.2) is 84.9 Å². The second-order valence-electron chi connectivity index (χ2n) is 11.4. The molecule has 0 saturated heterocycles. The van der Waals surface area contributed by atoms with Gasteiger partial charge in [0, 0.05) is 22.3 Å². The van der Waals surface area contributed by atoms with Crippen molar-refractivity contribution in [2.75, 3.05) is 0 Å². The fourth-order valence-corrected chi connectivity index (χ4v) is 4.49. The molecule has 0 aliphatic rings. The number of pyridine rings is 2. The van der Waals surface area contributed by atoms with Gasteiger partial charge in [0.15, 0.2) is 0 Å². The van der Waals surface area contributed by atoms with Crippen LogP contribution in [-0.2, 0) is 0 Å². The van der Waals surface area contributed by atoms with Crippen molar-refractivity contribution >= 4 is 16.1 Å². The highest BCUT2D eigenvalue weighted by molar-refractivity contribution is 6.84. The lowest BCUT2D eigenvalue weighted by Crippen LogP contribution is -2.16. The summed E-state index contributed by atoms with van der Waals surface area (Å²) in [5, 5.41) is 0. The van der Waals surface area contributed by atoms with Crippen molar-refractivity contribution in [3.63, 3.8) is 0 Å². The minimum atomic E-state index is -1.48. The van der Waals surface area contributed by atoms with Crippen LogP contribution < -0.4 is 0 Å². The molecule has 2 nitrogen and oxygen atoms in total. The van der Waals surface area contributed by atoms with E-state index in [4.69, 9.17) is 9.97 Å². The fourth-order valence-electron chi connectivity index (χ4n) is 3.47. The van der Waals surface area contributed by atoms with E-state index in [9.17, 15) is 0 Å². The maximum absolute atomic E-state index is 4.77. The molecule has 0 aliphatic heterocycles. The van der Waals surface area contributed by atoms with Crippen LogP contribution in [-0.4, -0.2) is 26.1 Å². The number of nitrogens with zero attached hydrogens (tertiary/aromatic N) is 2. The first-order chi connectivity index (χ1) is 19.1. The van der Waals surface area contributed by atoms with Gasteiger partial charge in [-0.1, -0.05) is 99.4 Å².